The van der Waals surface area contributed by atoms with Gasteiger partial charge in [-0.25, -0.2) is 0 Å². The quantitative estimate of drug-likeness (QED) is 0.525. The molecule has 1 heteroatoms. The molecule has 1 fully saturated rings. The fourth-order valence-corrected chi connectivity index (χ4v) is 0.987. The normalized spacial score (nSPS) is 21.5. The van der Waals surface area contributed by atoms with Gasteiger partial charge >= 0.3 is 0 Å². The highest BCUT2D eigenvalue weighted by Gasteiger charge is 2.19. The Morgan fingerprint density at radius 3 is 2.50 bits per heavy atom. The second-order valence-electron chi connectivity index (χ2n) is 1.73. The number of halogens is 1. The van der Waals surface area contributed by atoms with Crippen LogP contribution in [-0.4, -0.2) is 5.33 Å². The van der Waals surface area contributed by atoms with E-state index in [1.54, 1.807) is 0 Å². The second-order valence-corrected chi connectivity index (χ2v) is 2.37. The van der Waals surface area contributed by atoms with Gasteiger partial charge in [0.2, 0.25) is 0 Å². The number of hydrogen-bond acceptors (Lipinski definition) is 0. The maximum Gasteiger partial charge on any atom is 0.00653 e. The first-order valence-electron chi connectivity index (χ1n) is 2.33. The van der Waals surface area contributed by atoms with Crippen molar-refractivity contribution in [1.29, 1.82) is 0 Å². The minimum atomic E-state index is 0.976. The topological polar surface area (TPSA) is 0 Å². The van der Waals surface area contributed by atoms with Crippen LogP contribution in [-0.2, 0) is 0 Å². The molecule has 0 aliphatic heterocycles. The van der Waals surface area contributed by atoms with Crippen LogP contribution in [0.4, 0.5) is 0 Å². The molecule has 0 spiro atoms. The summed E-state index contributed by atoms with van der Waals surface area (Å²) in [5, 5.41) is 1.08. The predicted octanol–water partition coefficient (Wildman–Crippen LogP) is 2.00. The van der Waals surface area contributed by atoms with E-state index in [1.807, 2.05) is 0 Å². The molecule has 6 heavy (non-hydrogen) atoms. The molecule has 0 aromatic rings. The molecule has 0 bridgehead atoms. The van der Waals surface area contributed by atoms with E-state index in [-0.39, 0.29) is 0 Å². The van der Waals surface area contributed by atoms with Crippen LogP contribution >= 0.6 is 15.9 Å². The fraction of sp³-hybridized carbons (Fsp3) is 0.800. The average molecular weight is 148 g/mol. The smallest absolute Gasteiger partial charge is 0.00653 e. The van der Waals surface area contributed by atoms with Gasteiger partial charge in [0, 0.05) is 5.33 Å². The summed E-state index contributed by atoms with van der Waals surface area (Å²) >= 11 is 3.33. The molecule has 35 valence electrons. The largest absolute Gasteiger partial charge is 0.0925 e. The van der Waals surface area contributed by atoms with E-state index < -0.39 is 0 Å². The Hall–Kier alpha value is 0.480. The number of rotatable bonds is 2. The number of alkyl halides is 1. The Balaban J connectivity index is 1.88. The maximum absolute atomic E-state index is 3.33. The molecule has 0 aromatic heterocycles. The molecule has 1 saturated carbocycles. The Morgan fingerprint density at radius 1 is 1.67 bits per heavy atom. The first kappa shape index (κ1) is 4.63. The Kier molecular flexibility index (Phi) is 1.52. The van der Waals surface area contributed by atoms with Crippen molar-refractivity contribution in [1.82, 2.24) is 0 Å². The SMILES string of the molecule is BrC[CH]C1CC1. The monoisotopic (exact) mass is 147 g/mol. The second kappa shape index (κ2) is 1.97. The molecule has 1 aliphatic rings. The van der Waals surface area contributed by atoms with Gasteiger partial charge in [0.15, 0.2) is 0 Å². The highest BCUT2D eigenvalue weighted by molar-refractivity contribution is 9.09. The lowest BCUT2D eigenvalue weighted by molar-refractivity contribution is 1.01. The van der Waals surface area contributed by atoms with Crippen LogP contribution < -0.4 is 0 Å². The predicted molar refractivity (Wildman–Crippen MR) is 30.8 cm³/mol. The van der Waals surface area contributed by atoms with Crippen molar-refractivity contribution in [3.63, 3.8) is 0 Å². The van der Waals surface area contributed by atoms with E-state index in [0.29, 0.717) is 0 Å². The van der Waals surface area contributed by atoms with Gasteiger partial charge in [-0.05, 0) is 25.2 Å². The van der Waals surface area contributed by atoms with Crippen molar-refractivity contribution in [2.45, 2.75) is 12.8 Å². The Bertz CT molecular complexity index is 39.2. The Labute approximate surface area is 47.1 Å². The molecule has 0 unspecified atom stereocenters. The summed E-state index contributed by atoms with van der Waals surface area (Å²) in [4.78, 5) is 0. The minimum absolute atomic E-state index is 0.976. The molecule has 0 nitrogen and oxygen atoms in total. The van der Waals surface area contributed by atoms with Gasteiger partial charge in [0.1, 0.15) is 0 Å². The summed E-state index contributed by atoms with van der Waals surface area (Å²) in [6.07, 6.45) is 5.19. The summed E-state index contributed by atoms with van der Waals surface area (Å²) < 4.78 is 0. The third-order valence-electron chi connectivity index (χ3n) is 1.04. The van der Waals surface area contributed by atoms with Crippen LogP contribution in [0.5, 0.6) is 0 Å². The molecule has 0 amide bonds. The molecule has 1 rings (SSSR count). The van der Waals surface area contributed by atoms with Crippen molar-refractivity contribution in [3.05, 3.63) is 6.42 Å². The van der Waals surface area contributed by atoms with Gasteiger partial charge in [-0.2, -0.15) is 0 Å². The number of hydrogen-bond donors (Lipinski definition) is 0. The van der Waals surface area contributed by atoms with E-state index in [4.69, 9.17) is 0 Å². The molecule has 0 heterocycles. The van der Waals surface area contributed by atoms with Crippen molar-refractivity contribution in [2.75, 3.05) is 5.33 Å². The van der Waals surface area contributed by atoms with Gasteiger partial charge in [0.25, 0.3) is 0 Å². The van der Waals surface area contributed by atoms with Crippen LogP contribution in [0.1, 0.15) is 12.8 Å². The summed E-state index contributed by atoms with van der Waals surface area (Å²) in [6.45, 7) is 0. The summed E-state index contributed by atoms with van der Waals surface area (Å²) in [7, 11) is 0. The molecule has 0 aromatic carbocycles. The lowest BCUT2D eigenvalue weighted by atomic mass is 10.3. The van der Waals surface area contributed by atoms with Crippen LogP contribution in [0.15, 0.2) is 0 Å². The highest BCUT2D eigenvalue weighted by Crippen LogP contribution is 2.31. The zero-order valence-corrected chi connectivity index (χ0v) is 5.24. The van der Waals surface area contributed by atoms with Gasteiger partial charge in [-0.1, -0.05) is 15.9 Å². The third kappa shape index (κ3) is 1.29. The lowest BCUT2D eigenvalue weighted by Crippen LogP contribution is -1.74. The van der Waals surface area contributed by atoms with Crippen LogP contribution in [0.3, 0.4) is 0 Å². The fourth-order valence-electron chi connectivity index (χ4n) is 0.458. The maximum atomic E-state index is 3.33. The van der Waals surface area contributed by atoms with Crippen LogP contribution in [0.2, 0.25) is 0 Å². The average Bonchev–Trinajstić information content (AvgIpc) is 2.21. The summed E-state index contributed by atoms with van der Waals surface area (Å²) in [6, 6.07) is 0. The van der Waals surface area contributed by atoms with Gasteiger partial charge < -0.3 is 0 Å². The van der Waals surface area contributed by atoms with Gasteiger partial charge in [-0.3, -0.25) is 0 Å². The minimum Gasteiger partial charge on any atom is -0.0925 e. The molecule has 1 radical (unpaired) electrons. The van der Waals surface area contributed by atoms with Crippen molar-refractivity contribution >= 4 is 15.9 Å². The Morgan fingerprint density at radius 2 is 2.33 bits per heavy atom. The van der Waals surface area contributed by atoms with E-state index in [2.05, 4.69) is 22.4 Å². The van der Waals surface area contributed by atoms with Gasteiger partial charge in [0.05, 0.1) is 0 Å². The molecular formula is C5H8Br. The highest BCUT2D eigenvalue weighted by atomic mass is 79.9. The molecular weight excluding hydrogens is 140 g/mol. The molecule has 0 saturated heterocycles. The standard InChI is InChI=1S/C5H8Br/c6-4-3-5-1-2-5/h3,5H,1-2,4H2. The molecule has 1 aliphatic carbocycles. The zero-order chi connectivity index (χ0) is 4.41. The summed E-state index contributed by atoms with van der Waals surface area (Å²) in [5.74, 6) is 0.976. The van der Waals surface area contributed by atoms with E-state index in [9.17, 15) is 0 Å². The van der Waals surface area contributed by atoms with Crippen molar-refractivity contribution in [3.8, 4) is 0 Å². The van der Waals surface area contributed by atoms with Crippen molar-refractivity contribution in [2.24, 2.45) is 5.92 Å². The van der Waals surface area contributed by atoms with Crippen LogP contribution in [0, 0.1) is 12.3 Å². The van der Waals surface area contributed by atoms with Crippen LogP contribution in [0.25, 0.3) is 0 Å². The first-order valence-corrected chi connectivity index (χ1v) is 3.45. The van der Waals surface area contributed by atoms with Crippen molar-refractivity contribution < 1.29 is 0 Å². The third-order valence-corrected chi connectivity index (χ3v) is 1.42. The summed E-state index contributed by atoms with van der Waals surface area (Å²) in [5.41, 5.74) is 0. The lowest BCUT2D eigenvalue weighted by Gasteiger charge is -1.80. The van der Waals surface area contributed by atoms with Gasteiger partial charge in [-0.15, -0.1) is 0 Å². The zero-order valence-electron chi connectivity index (χ0n) is 3.65. The molecule has 0 N–H and O–H groups in total. The van der Waals surface area contributed by atoms with E-state index in [1.165, 1.54) is 12.8 Å². The molecule has 0 atom stereocenters. The van der Waals surface area contributed by atoms with E-state index in [0.717, 1.165) is 11.2 Å². The first-order chi connectivity index (χ1) is 2.93. The van der Waals surface area contributed by atoms with E-state index >= 15 is 0 Å².